The second kappa shape index (κ2) is 10.5. The smallest absolute Gasteiger partial charge is 0.328 e. The van der Waals surface area contributed by atoms with Crippen LogP contribution in [0.5, 0.6) is 0 Å². The Kier molecular flexibility index (Phi) is 7.26. The van der Waals surface area contributed by atoms with Gasteiger partial charge in [-0.3, -0.25) is 19.3 Å². The Labute approximate surface area is 204 Å². The van der Waals surface area contributed by atoms with Crippen molar-refractivity contribution in [1.29, 1.82) is 0 Å². The average Bonchev–Trinajstić information content (AvgIpc) is 3.13. The van der Waals surface area contributed by atoms with Crippen molar-refractivity contribution in [3.05, 3.63) is 102 Å². The molecule has 1 heterocycles. The van der Waals surface area contributed by atoms with Gasteiger partial charge in [-0.05, 0) is 30.2 Å². The molecule has 1 atom stereocenters. The van der Waals surface area contributed by atoms with Gasteiger partial charge in [-0.15, -0.1) is 0 Å². The maximum atomic E-state index is 13.2. The molecule has 1 aliphatic rings. The zero-order valence-electron chi connectivity index (χ0n) is 19.1. The lowest BCUT2D eigenvalue weighted by Gasteiger charge is -2.26. The molecule has 0 aliphatic carbocycles. The third kappa shape index (κ3) is 5.93. The van der Waals surface area contributed by atoms with Crippen molar-refractivity contribution < 1.29 is 22.7 Å². The van der Waals surface area contributed by atoms with Crippen LogP contribution in [-0.4, -0.2) is 43.7 Å². The molecule has 3 aromatic carbocycles. The molecular weight excluding hydrogens is 466 g/mol. The molecule has 0 aromatic heterocycles. The molecule has 9 heteroatoms. The number of amidine groups is 1. The van der Waals surface area contributed by atoms with Crippen molar-refractivity contribution in [2.75, 3.05) is 6.54 Å². The van der Waals surface area contributed by atoms with E-state index in [9.17, 15) is 18.0 Å². The molecule has 0 saturated heterocycles. The van der Waals surface area contributed by atoms with E-state index in [0.29, 0.717) is 18.7 Å². The lowest BCUT2D eigenvalue weighted by atomic mass is 10.1. The molecular formula is C26H25N3O5S. The summed E-state index contributed by atoms with van der Waals surface area (Å²) in [4.78, 5) is 31.5. The first-order chi connectivity index (χ1) is 16.8. The highest BCUT2D eigenvalue weighted by Crippen LogP contribution is 2.22. The maximum Gasteiger partial charge on any atom is 0.328 e. The fraction of sp³-hybridized carbons (Fsp3) is 0.192. The van der Waals surface area contributed by atoms with E-state index < -0.39 is 28.6 Å². The van der Waals surface area contributed by atoms with Crippen LogP contribution >= 0.6 is 0 Å². The van der Waals surface area contributed by atoms with Gasteiger partial charge in [0.25, 0.3) is 15.9 Å². The van der Waals surface area contributed by atoms with Crippen LogP contribution in [0, 0.1) is 0 Å². The number of rotatable bonds is 8. The molecule has 1 aliphatic heterocycles. The van der Waals surface area contributed by atoms with Crippen molar-refractivity contribution in [2.45, 2.75) is 31.0 Å². The number of amides is 1. The first-order valence-electron chi connectivity index (χ1n) is 11.1. The van der Waals surface area contributed by atoms with E-state index in [1.54, 1.807) is 23.1 Å². The van der Waals surface area contributed by atoms with E-state index in [-0.39, 0.29) is 16.6 Å². The molecule has 35 heavy (non-hydrogen) atoms. The van der Waals surface area contributed by atoms with Gasteiger partial charge >= 0.3 is 5.97 Å². The lowest BCUT2D eigenvalue weighted by molar-refractivity contribution is -0.158. The van der Waals surface area contributed by atoms with Gasteiger partial charge < -0.3 is 9.64 Å². The summed E-state index contributed by atoms with van der Waals surface area (Å²) < 4.78 is 32.1. The van der Waals surface area contributed by atoms with E-state index in [4.69, 9.17) is 4.74 Å². The zero-order valence-corrected chi connectivity index (χ0v) is 19.9. The summed E-state index contributed by atoms with van der Waals surface area (Å²) in [7, 11) is -3.70. The van der Waals surface area contributed by atoms with E-state index in [0.717, 1.165) is 11.1 Å². The number of hydrogen-bond acceptors (Lipinski definition) is 6. The third-order valence-corrected chi connectivity index (χ3v) is 6.83. The molecule has 180 valence electrons. The van der Waals surface area contributed by atoms with Crippen molar-refractivity contribution >= 4 is 27.7 Å². The minimum Gasteiger partial charge on any atom is -0.451 e. The summed E-state index contributed by atoms with van der Waals surface area (Å²) in [6, 6.07) is 25.5. The highest BCUT2D eigenvalue weighted by molar-refractivity contribution is 7.90. The average molecular weight is 492 g/mol. The summed E-state index contributed by atoms with van der Waals surface area (Å²) >= 11 is 0. The Morgan fingerprint density at radius 3 is 2.03 bits per heavy atom. The normalized spacial score (nSPS) is 15.6. The van der Waals surface area contributed by atoms with E-state index in [1.807, 2.05) is 60.7 Å². The molecule has 0 bridgehead atoms. The first-order valence-corrected chi connectivity index (χ1v) is 12.5. The third-order valence-electron chi connectivity index (χ3n) is 5.43. The zero-order chi connectivity index (χ0) is 24.8. The van der Waals surface area contributed by atoms with Crippen molar-refractivity contribution in [2.24, 2.45) is 4.99 Å². The molecule has 0 saturated carbocycles. The largest absolute Gasteiger partial charge is 0.451 e. The topological polar surface area (TPSA) is 105 Å². The quantitative estimate of drug-likeness (QED) is 0.488. The molecule has 3 aromatic rings. The van der Waals surface area contributed by atoms with Gasteiger partial charge in [0.15, 0.2) is 6.10 Å². The van der Waals surface area contributed by atoms with Gasteiger partial charge in [-0.25, -0.2) is 8.42 Å². The predicted octanol–water partition coefficient (Wildman–Crippen LogP) is 2.89. The number of fused-ring (bicyclic) bond motifs is 1. The number of nitrogens with one attached hydrogen (secondary N) is 1. The predicted molar refractivity (Wildman–Crippen MR) is 131 cm³/mol. The summed E-state index contributed by atoms with van der Waals surface area (Å²) in [5.74, 6) is -1.00. The minimum atomic E-state index is -3.70. The molecule has 1 amide bonds. The Morgan fingerprint density at radius 2 is 1.43 bits per heavy atom. The summed E-state index contributed by atoms with van der Waals surface area (Å²) in [6.07, 6.45) is -1.04. The molecule has 0 radical (unpaired) electrons. The van der Waals surface area contributed by atoms with Gasteiger partial charge in [0, 0.05) is 18.7 Å². The molecule has 1 N–H and O–H groups in total. The summed E-state index contributed by atoms with van der Waals surface area (Å²) in [6.45, 7) is 1.81. The van der Waals surface area contributed by atoms with Crippen LogP contribution in [-0.2, 0) is 37.4 Å². The van der Waals surface area contributed by atoms with Crippen LogP contribution in [0.3, 0.4) is 0 Å². The number of aliphatic imine (C=N–C) groups is 1. The van der Waals surface area contributed by atoms with Gasteiger partial charge in [0.1, 0.15) is 12.4 Å². The molecule has 0 spiro atoms. The number of ether oxygens (including phenoxy) is 1. The highest BCUT2D eigenvalue weighted by atomic mass is 32.2. The Hall–Kier alpha value is -3.98. The Bertz CT molecular complexity index is 1300. The van der Waals surface area contributed by atoms with Gasteiger partial charge in [-0.1, -0.05) is 72.8 Å². The molecule has 0 fully saturated rings. The number of esters is 1. The number of nitrogens with zero attached hydrogens (tertiary/aromatic N) is 2. The van der Waals surface area contributed by atoms with E-state index in [2.05, 4.69) is 9.71 Å². The minimum absolute atomic E-state index is 0.0753. The number of sulfonamides is 1. The molecule has 1 unspecified atom stereocenters. The second-order valence-electron chi connectivity index (χ2n) is 8.06. The van der Waals surface area contributed by atoms with Gasteiger partial charge in [0.2, 0.25) is 0 Å². The van der Waals surface area contributed by atoms with Crippen LogP contribution < -0.4 is 4.72 Å². The second-order valence-corrected chi connectivity index (χ2v) is 9.71. The van der Waals surface area contributed by atoms with Gasteiger partial charge in [0.05, 0.1) is 4.90 Å². The number of benzene rings is 3. The number of carbonyl (C=O) groups is 2. The standard InChI is InChI=1S/C26H25N3O5S/c1-19(34-24(30)16-27-25-22-14-8-9-15-23(22)35(32,33)28-25)26(31)29(17-20-10-4-2-5-11-20)18-21-12-6-3-7-13-21/h2-15,19H,16-18H2,1H3,(H,27,28). The fourth-order valence-corrected chi connectivity index (χ4v) is 5.01. The monoisotopic (exact) mass is 491 g/mol. The van der Waals surface area contributed by atoms with Crippen LogP contribution in [0.2, 0.25) is 0 Å². The first kappa shape index (κ1) is 24.2. The summed E-state index contributed by atoms with van der Waals surface area (Å²) in [5.41, 5.74) is 2.30. The number of hydrogen-bond donors (Lipinski definition) is 1. The van der Waals surface area contributed by atoms with Crippen molar-refractivity contribution in [3.8, 4) is 0 Å². The molecule has 4 rings (SSSR count). The highest BCUT2D eigenvalue weighted by Gasteiger charge is 2.30. The van der Waals surface area contributed by atoms with Gasteiger partial charge in [-0.2, -0.15) is 0 Å². The SMILES string of the molecule is CC(OC(=O)CN=C1NS(=O)(=O)c2ccccc21)C(=O)N(Cc1ccccc1)Cc1ccccc1. The molecule has 8 nitrogen and oxygen atoms in total. The maximum absolute atomic E-state index is 13.2. The Morgan fingerprint density at radius 1 is 0.886 bits per heavy atom. The number of carbonyl (C=O) groups excluding carboxylic acids is 2. The lowest BCUT2D eigenvalue weighted by Crippen LogP contribution is -2.39. The van der Waals surface area contributed by atoms with Crippen molar-refractivity contribution in [1.82, 2.24) is 9.62 Å². The fourth-order valence-electron chi connectivity index (χ4n) is 3.76. The summed E-state index contributed by atoms with van der Waals surface area (Å²) in [5, 5.41) is 0. The van der Waals surface area contributed by atoms with Crippen molar-refractivity contribution in [3.63, 3.8) is 0 Å². The van der Waals surface area contributed by atoms with Crippen LogP contribution in [0.25, 0.3) is 0 Å². The van der Waals surface area contributed by atoms with E-state index >= 15 is 0 Å². The Balaban J connectivity index is 1.43. The van der Waals surface area contributed by atoms with Crippen LogP contribution in [0.15, 0.2) is 94.8 Å². The van der Waals surface area contributed by atoms with E-state index in [1.165, 1.54) is 13.0 Å². The van der Waals surface area contributed by atoms with Crippen LogP contribution in [0.4, 0.5) is 0 Å². The van der Waals surface area contributed by atoms with Crippen LogP contribution in [0.1, 0.15) is 23.6 Å².